The largest absolute Gasteiger partial charge is 0.369 e. The molecule has 64 valence electrons. The Morgan fingerprint density at radius 3 is 3.08 bits per heavy atom. The molecule has 4 heteroatoms. The summed E-state index contributed by atoms with van der Waals surface area (Å²) in [6, 6.07) is 0. The molecule has 12 heavy (non-hydrogen) atoms. The molecule has 0 aliphatic heterocycles. The number of aromatic nitrogens is 1. The summed E-state index contributed by atoms with van der Waals surface area (Å²) in [5, 5.41) is 0.911. The highest BCUT2D eigenvalue weighted by Gasteiger charge is 1.92. The van der Waals surface area contributed by atoms with Gasteiger partial charge in [0.15, 0.2) is 0 Å². The third kappa shape index (κ3) is 2.84. The van der Waals surface area contributed by atoms with Crippen molar-refractivity contribution in [2.75, 3.05) is 0 Å². The number of hydrogen-bond acceptors (Lipinski definition) is 3. The first kappa shape index (κ1) is 8.93. The van der Waals surface area contributed by atoms with Gasteiger partial charge in [0.25, 0.3) is 0 Å². The molecule has 0 radical (unpaired) electrons. The number of carbonyl (C=O) groups excluding carboxylic acids is 1. The van der Waals surface area contributed by atoms with E-state index in [0.717, 1.165) is 9.88 Å². The second-order valence-corrected chi connectivity index (χ2v) is 3.65. The summed E-state index contributed by atoms with van der Waals surface area (Å²) in [6.07, 6.45) is 5.61. The minimum absolute atomic E-state index is 0.276. The van der Waals surface area contributed by atoms with E-state index in [1.807, 2.05) is 13.0 Å². The van der Waals surface area contributed by atoms with Gasteiger partial charge in [-0.3, -0.25) is 4.79 Å². The predicted octanol–water partition coefficient (Wildman–Crippen LogP) is 1.34. The maximum atomic E-state index is 10.3. The third-order valence-electron chi connectivity index (χ3n) is 1.22. The molecule has 0 bridgehead atoms. The average Bonchev–Trinajstić information content (AvgIpc) is 2.35. The maximum Gasteiger partial charge on any atom is 0.221 e. The monoisotopic (exact) mass is 182 g/mol. The Kier molecular flexibility index (Phi) is 2.99. The summed E-state index contributed by atoms with van der Waals surface area (Å²) in [4.78, 5) is 15.6. The van der Waals surface area contributed by atoms with Gasteiger partial charge in [0.1, 0.15) is 5.01 Å². The molecular formula is C8H10N2OS. The zero-order chi connectivity index (χ0) is 8.97. The average molecular weight is 182 g/mol. The molecule has 0 saturated heterocycles. The van der Waals surface area contributed by atoms with E-state index < -0.39 is 0 Å². The van der Waals surface area contributed by atoms with Gasteiger partial charge < -0.3 is 5.73 Å². The molecule has 2 N–H and O–H groups in total. The van der Waals surface area contributed by atoms with Crippen LogP contribution in [-0.4, -0.2) is 10.9 Å². The highest BCUT2D eigenvalue weighted by Crippen LogP contribution is 2.12. The lowest BCUT2D eigenvalue weighted by Crippen LogP contribution is -2.07. The van der Waals surface area contributed by atoms with E-state index in [1.165, 1.54) is 0 Å². The number of primary amides is 1. The van der Waals surface area contributed by atoms with Crippen LogP contribution in [0.25, 0.3) is 6.08 Å². The van der Waals surface area contributed by atoms with Crippen LogP contribution in [0.4, 0.5) is 0 Å². The Morgan fingerprint density at radius 2 is 2.58 bits per heavy atom. The van der Waals surface area contributed by atoms with Crippen molar-refractivity contribution < 1.29 is 4.79 Å². The quantitative estimate of drug-likeness (QED) is 0.766. The number of aryl methyl sites for hydroxylation is 1. The van der Waals surface area contributed by atoms with E-state index in [1.54, 1.807) is 23.6 Å². The number of hydrogen-bond donors (Lipinski definition) is 1. The number of nitrogens with zero attached hydrogens (tertiary/aromatic N) is 1. The van der Waals surface area contributed by atoms with Gasteiger partial charge in [0.05, 0.1) is 0 Å². The third-order valence-corrected chi connectivity index (χ3v) is 2.10. The molecule has 1 aromatic rings. The Labute approximate surface area is 74.9 Å². The molecule has 1 aromatic heterocycles. The Balaban J connectivity index is 2.52. The van der Waals surface area contributed by atoms with Crippen molar-refractivity contribution in [1.29, 1.82) is 0 Å². The molecule has 0 aliphatic carbocycles. The molecule has 0 saturated carbocycles. The van der Waals surface area contributed by atoms with Crippen LogP contribution in [0.15, 0.2) is 12.3 Å². The maximum absolute atomic E-state index is 10.3. The molecule has 1 rings (SSSR count). The molecule has 0 spiro atoms. The van der Waals surface area contributed by atoms with Crippen LogP contribution < -0.4 is 5.73 Å². The Bertz CT molecular complexity index is 304. The number of thiazole rings is 1. The second kappa shape index (κ2) is 4.01. The first-order valence-corrected chi connectivity index (χ1v) is 4.37. The number of carbonyl (C=O) groups is 1. The molecule has 0 unspecified atom stereocenters. The summed E-state index contributed by atoms with van der Waals surface area (Å²) in [5.74, 6) is -0.320. The van der Waals surface area contributed by atoms with Gasteiger partial charge in [-0.25, -0.2) is 4.98 Å². The predicted molar refractivity (Wildman–Crippen MR) is 49.7 cm³/mol. The lowest BCUT2D eigenvalue weighted by molar-refractivity contribution is -0.117. The van der Waals surface area contributed by atoms with E-state index in [-0.39, 0.29) is 12.3 Å². The fourth-order valence-corrected chi connectivity index (χ4v) is 1.43. The minimum Gasteiger partial charge on any atom is -0.369 e. The Morgan fingerprint density at radius 1 is 1.83 bits per heavy atom. The van der Waals surface area contributed by atoms with Crippen LogP contribution in [0, 0.1) is 6.92 Å². The fraction of sp³-hybridized carbons (Fsp3) is 0.250. The molecular weight excluding hydrogens is 172 g/mol. The normalized spacial score (nSPS) is 10.8. The lowest BCUT2D eigenvalue weighted by atomic mass is 10.4. The molecule has 0 aromatic carbocycles. The van der Waals surface area contributed by atoms with Gasteiger partial charge in [-0.05, 0) is 13.0 Å². The summed E-state index contributed by atoms with van der Waals surface area (Å²) < 4.78 is 0. The molecule has 1 heterocycles. The second-order valence-electron chi connectivity index (χ2n) is 2.38. The van der Waals surface area contributed by atoms with Crippen LogP contribution in [0.5, 0.6) is 0 Å². The molecule has 0 aliphatic rings. The fourth-order valence-electron chi connectivity index (χ4n) is 0.725. The summed E-state index contributed by atoms with van der Waals surface area (Å²) >= 11 is 1.59. The number of rotatable bonds is 3. The first-order chi connectivity index (χ1) is 5.68. The van der Waals surface area contributed by atoms with Crippen LogP contribution in [0.2, 0.25) is 0 Å². The van der Waals surface area contributed by atoms with Crippen molar-refractivity contribution in [3.8, 4) is 0 Å². The minimum atomic E-state index is -0.320. The summed E-state index contributed by atoms with van der Waals surface area (Å²) in [7, 11) is 0. The van der Waals surface area contributed by atoms with Crippen LogP contribution in [-0.2, 0) is 4.79 Å². The van der Waals surface area contributed by atoms with Gasteiger partial charge in [0.2, 0.25) is 5.91 Å². The molecule has 0 atom stereocenters. The highest BCUT2D eigenvalue weighted by atomic mass is 32.1. The standard InChI is InChI=1S/C8H10N2OS/c1-6-5-10-8(12-6)4-2-3-7(9)11/h2,4-5H,3H2,1H3,(H2,9,11). The SMILES string of the molecule is Cc1cnc(C=CCC(N)=O)s1. The smallest absolute Gasteiger partial charge is 0.221 e. The van der Waals surface area contributed by atoms with Gasteiger partial charge in [0, 0.05) is 17.5 Å². The van der Waals surface area contributed by atoms with Crippen molar-refractivity contribution in [1.82, 2.24) is 4.98 Å². The topological polar surface area (TPSA) is 56.0 Å². The van der Waals surface area contributed by atoms with Crippen molar-refractivity contribution in [2.24, 2.45) is 5.73 Å². The zero-order valence-corrected chi connectivity index (χ0v) is 7.60. The summed E-state index contributed by atoms with van der Waals surface area (Å²) in [5.41, 5.74) is 4.95. The molecule has 3 nitrogen and oxygen atoms in total. The number of amides is 1. The first-order valence-electron chi connectivity index (χ1n) is 3.56. The van der Waals surface area contributed by atoms with Crippen LogP contribution >= 0.6 is 11.3 Å². The highest BCUT2D eigenvalue weighted by molar-refractivity contribution is 7.12. The van der Waals surface area contributed by atoms with Crippen LogP contribution in [0.1, 0.15) is 16.3 Å². The van der Waals surface area contributed by atoms with Gasteiger partial charge in [-0.1, -0.05) is 6.08 Å². The number of nitrogens with two attached hydrogens (primary N) is 1. The summed E-state index contributed by atoms with van der Waals surface area (Å²) in [6.45, 7) is 1.99. The Hall–Kier alpha value is -1.16. The molecule has 1 amide bonds. The van der Waals surface area contributed by atoms with Gasteiger partial charge in [-0.15, -0.1) is 11.3 Å². The van der Waals surface area contributed by atoms with Crippen molar-refractivity contribution >= 4 is 23.3 Å². The van der Waals surface area contributed by atoms with Crippen molar-refractivity contribution in [2.45, 2.75) is 13.3 Å². The zero-order valence-electron chi connectivity index (χ0n) is 6.78. The van der Waals surface area contributed by atoms with Gasteiger partial charge in [-0.2, -0.15) is 0 Å². The molecule has 0 fully saturated rings. The van der Waals surface area contributed by atoms with E-state index in [0.29, 0.717) is 0 Å². The van der Waals surface area contributed by atoms with E-state index in [9.17, 15) is 4.79 Å². The van der Waals surface area contributed by atoms with Crippen molar-refractivity contribution in [3.05, 3.63) is 22.2 Å². The lowest BCUT2D eigenvalue weighted by Gasteiger charge is -1.83. The van der Waals surface area contributed by atoms with Crippen LogP contribution in [0.3, 0.4) is 0 Å². The van der Waals surface area contributed by atoms with Gasteiger partial charge >= 0.3 is 0 Å². The van der Waals surface area contributed by atoms with E-state index in [4.69, 9.17) is 5.73 Å². The van der Waals surface area contributed by atoms with E-state index in [2.05, 4.69) is 4.98 Å². The van der Waals surface area contributed by atoms with E-state index >= 15 is 0 Å². The van der Waals surface area contributed by atoms with Crippen molar-refractivity contribution in [3.63, 3.8) is 0 Å².